The van der Waals surface area contributed by atoms with Crippen LogP contribution in [0.3, 0.4) is 0 Å². The van der Waals surface area contributed by atoms with Crippen molar-refractivity contribution in [3.63, 3.8) is 0 Å². The Morgan fingerprint density at radius 3 is 2.57 bits per heavy atom. The lowest BCUT2D eigenvalue weighted by atomic mass is 10.00. The third-order valence-electron chi connectivity index (χ3n) is 5.72. The molecule has 0 bridgehead atoms. The maximum Gasteiger partial charge on any atom is 0.265 e. The van der Waals surface area contributed by atoms with Gasteiger partial charge >= 0.3 is 0 Å². The summed E-state index contributed by atoms with van der Waals surface area (Å²) in [5.41, 5.74) is 4.10. The Kier molecular flexibility index (Phi) is 5.28. The molecule has 4 rings (SSSR count). The van der Waals surface area contributed by atoms with E-state index in [9.17, 15) is 13.2 Å². The quantitative estimate of drug-likeness (QED) is 0.630. The molecule has 0 spiro atoms. The van der Waals surface area contributed by atoms with Crippen LogP contribution in [0.2, 0.25) is 0 Å². The molecule has 1 amide bonds. The molecule has 3 aromatic carbocycles. The average Bonchev–Trinajstić information content (AvgIpc) is 2.93. The highest BCUT2D eigenvalue weighted by Crippen LogP contribution is 2.41. The van der Waals surface area contributed by atoms with Gasteiger partial charge in [-0.2, -0.15) is 0 Å². The fraction of sp³-hybridized carbons (Fsp3) is 0.292. The molecule has 1 heterocycles. The van der Waals surface area contributed by atoms with Crippen molar-refractivity contribution < 1.29 is 13.2 Å². The zero-order chi connectivity index (χ0) is 21.5. The molecule has 1 unspecified atom stereocenters. The molecule has 30 heavy (non-hydrogen) atoms. The van der Waals surface area contributed by atoms with Crippen LogP contribution in [0.5, 0.6) is 0 Å². The summed E-state index contributed by atoms with van der Waals surface area (Å²) >= 11 is 0. The zero-order valence-corrected chi connectivity index (χ0v) is 18.3. The number of aryl methyl sites for hydroxylation is 2. The van der Waals surface area contributed by atoms with Crippen LogP contribution in [0.4, 0.5) is 5.69 Å². The Balaban J connectivity index is 1.42. The maximum atomic E-state index is 13.0. The van der Waals surface area contributed by atoms with Gasteiger partial charge in [0.05, 0.1) is 16.6 Å². The van der Waals surface area contributed by atoms with Crippen molar-refractivity contribution in [2.45, 2.75) is 44.6 Å². The number of rotatable bonds is 6. The second-order valence-corrected chi connectivity index (χ2v) is 9.79. The van der Waals surface area contributed by atoms with E-state index < -0.39 is 10.0 Å². The second-order valence-electron chi connectivity index (χ2n) is 7.96. The van der Waals surface area contributed by atoms with Crippen LogP contribution in [-0.4, -0.2) is 20.9 Å². The lowest BCUT2D eigenvalue weighted by Gasteiger charge is -2.20. The van der Waals surface area contributed by atoms with Crippen LogP contribution >= 0.6 is 0 Å². The first-order valence-corrected chi connectivity index (χ1v) is 11.6. The van der Waals surface area contributed by atoms with Crippen LogP contribution in [0.15, 0.2) is 59.5 Å². The van der Waals surface area contributed by atoms with Crippen molar-refractivity contribution in [1.29, 1.82) is 0 Å². The van der Waals surface area contributed by atoms with Gasteiger partial charge < -0.3 is 5.32 Å². The van der Waals surface area contributed by atoms with E-state index in [0.29, 0.717) is 17.0 Å². The summed E-state index contributed by atoms with van der Waals surface area (Å²) in [5.74, 6) is -0.0734. The standard InChI is InChI=1S/C24H26N2O3S/c1-16-12-13-17(2)20(15-16)18(3)25-23(27)11-6-14-26-21-9-4-7-19-8-5-10-22(24(19)21)30(26,28)29/h4-5,7-10,12-13,15,18H,6,11,14H2,1-3H3,(H,25,27). The number of carbonyl (C=O) groups excluding carboxylic acids is 1. The molecule has 1 atom stereocenters. The molecule has 1 N–H and O–H groups in total. The highest BCUT2D eigenvalue weighted by Gasteiger charge is 2.35. The lowest BCUT2D eigenvalue weighted by molar-refractivity contribution is -0.121. The first kappa shape index (κ1) is 20.4. The van der Waals surface area contributed by atoms with E-state index in [2.05, 4.69) is 23.5 Å². The van der Waals surface area contributed by atoms with Gasteiger partial charge in [0, 0.05) is 18.4 Å². The highest BCUT2D eigenvalue weighted by atomic mass is 32.2. The number of nitrogens with zero attached hydrogens (tertiary/aromatic N) is 1. The molecule has 5 nitrogen and oxygen atoms in total. The SMILES string of the molecule is Cc1ccc(C)c(C(C)NC(=O)CCCN2c3cccc4cccc(c34)S2(=O)=O)c1. The minimum atomic E-state index is -3.57. The van der Waals surface area contributed by atoms with Crippen molar-refractivity contribution in [1.82, 2.24) is 5.32 Å². The number of benzene rings is 3. The Morgan fingerprint density at radius 1 is 1.07 bits per heavy atom. The number of hydrogen-bond donors (Lipinski definition) is 1. The molecule has 1 aliphatic heterocycles. The monoisotopic (exact) mass is 422 g/mol. The largest absolute Gasteiger partial charge is 0.350 e. The van der Waals surface area contributed by atoms with Crippen molar-refractivity contribution in [2.75, 3.05) is 10.8 Å². The van der Waals surface area contributed by atoms with Crippen molar-refractivity contribution >= 4 is 32.4 Å². The lowest BCUT2D eigenvalue weighted by Crippen LogP contribution is -2.31. The van der Waals surface area contributed by atoms with E-state index in [0.717, 1.165) is 27.5 Å². The summed E-state index contributed by atoms with van der Waals surface area (Å²) in [6.45, 7) is 6.32. The summed E-state index contributed by atoms with van der Waals surface area (Å²) in [6.07, 6.45) is 0.725. The minimum absolute atomic E-state index is 0.0734. The fourth-order valence-electron chi connectivity index (χ4n) is 4.20. The van der Waals surface area contributed by atoms with Gasteiger partial charge in [-0.1, -0.05) is 48.0 Å². The van der Waals surface area contributed by atoms with Gasteiger partial charge in [0.2, 0.25) is 5.91 Å². The van der Waals surface area contributed by atoms with E-state index in [1.165, 1.54) is 4.31 Å². The van der Waals surface area contributed by atoms with E-state index >= 15 is 0 Å². The van der Waals surface area contributed by atoms with Gasteiger partial charge in [-0.25, -0.2) is 8.42 Å². The molecule has 0 saturated carbocycles. The van der Waals surface area contributed by atoms with E-state index in [1.54, 1.807) is 12.1 Å². The number of hydrogen-bond acceptors (Lipinski definition) is 3. The number of amides is 1. The first-order valence-electron chi connectivity index (χ1n) is 10.2. The Bertz CT molecular complexity index is 1230. The number of anilines is 1. The summed E-state index contributed by atoms with van der Waals surface area (Å²) < 4.78 is 27.4. The summed E-state index contributed by atoms with van der Waals surface area (Å²) in [6, 6.07) is 17.1. The third kappa shape index (κ3) is 3.56. The summed E-state index contributed by atoms with van der Waals surface area (Å²) in [5, 5.41) is 4.72. The van der Waals surface area contributed by atoms with Crippen molar-refractivity contribution in [3.8, 4) is 0 Å². The predicted molar refractivity (Wildman–Crippen MR) is 120 cm³/mol. The minimum Gasteiger partial charge on any atom is -0.350 e. The normalized spacial score (nSPS) is 15.4. The molecule has 156 valence electrons. The van der Waals surface area contributed by atoms with Gasteiger partial charge in [0.1, 0.15) is 0 Å². The zero-order valence-electron chi connectivity index (χ0n) is 17.5. The maximum absolute atomic E-state index is 13.0. The van der Waals surface area contributed by atoms with Gasteiger partial charge in [0.15, 0.2) is 0 Å². The Morgan fingerprint density at radius 2 is 1.80 bits per heavy atom. The molecule has 0 fully saturated rings. The van der Waals surface area contributed by atoms with Gasteiger partial charge in [-0.05, 0) is 55.8 Å². The van der Waals surface area contributed by atoms with Crippen molar-refractivity contribution in [3.05, 3.63) is 71.3 Å². The van der Waals surface area contributed by atoms with Crippen LogP contribution in [-0.2, 0) is 14.8 Å². The van der Waals surface area contributed by atoms with Crippen molar-refractivity contribution in [2.24, 2.45) is 0 Å². The smallest absolute Gasteiger partial charge is 0.265 e. The number of carbonyl (C=O) groups is 1. The molecular weight excluding hydrogens is 396 g/mol. The van der Waals surface area contributed by atoms with E-state index in [-0.39, 0.29) is 24.9 Å². The summed E-state index contributed by atoms with van der Waals surface area (Å²) in [7, 11) is -3.57. The second kappa shape index (κ2) is 7.76. The van der Waals surface area contributed by atoms with Crippen LogP contribution in [0.25, 0.3) is 10.8 Å². The molecule has 0 radical (unpaired) electrons. The third-order valence-corrected chi connectivity index (χ3v) is 7.58. The Hall–Kier alpha value is -2.86. The first-order chi connectivity index (χ1) is 14.3. The van der Waals surface area contributed by atoms with Crippen LogP contribution in [0.1, 0.15) is 42.5 Å². The van der Waals surface area contributed by atoms with Crippen LogP contribution in [0, 0.1) is 13.8 Å². The van der Waals surface area contributed by atoms with Crippen LogP contribution < -0.4 is 9.62 Å². The number of sulfonamides is 1. The summed E-state index contributed by atoms with van der Waals surface area (Å²) in [4.78, 5) is 12.8. The topological polar surface area (TPSA) is 66.5 Å². The molecule has 0 saturated heterocycles. The van der Waals surface area contributed by atoms with E-state index in [4.69, 9.17) is 0 Å². The Labute approximate surface area is 177 Å². The number of nitrogens with one attached hydrogen (secondary N) is 1. The van der Waals surface area contributed by atoms with Gasteiger partial charge in [0.25, 0.3) is 10.0 Å². The molecular formula is C24H26N2O3S. The molecule has 0 aromatic heterocycles. The predicted octanol–water partition coefficient (Wildman–Crippen LogP) is 4.62. The molecule has 0 aliphatic carbocycles. The highest BCUT2D eigenvalue weighted by molar-refractivity contribution is 7.93. The van der Waals surface area contributed by atoms with Gasteiger partial charge in [-0.3, -0.25) is 9.10 Å². The fourth-order valence-corrected chi connectivity index (χ4v) is 5.95. The molecule has 6 heteroatoms. The average molecular weight is 423 g/mol. The van der Waals surface area contributed by atoms with E-state index in [1.807, 2.05) is 45.0 Å². The van der Waals surface area contributed by atoms with Gasteiger partial charge in [-0.15, -0.1) is 0 Å². The molecule has 1 aliphatic rings. The molecule has 3 aromatic rings.